The lowest BCUT2D eigenvalue weighted by Gasteiger charge is -2.26. The molecule has 8 nitrogen and oxygen atoms in total. The Labute approximate surface area is 194 Å². The summed E-state index contributed by atoms with van der Waals surface area (Å²) < 4.78 is 11.2. The molecule has 0 radical (unpaired) electrons. The highest BCUT2D eigenvalue weighted by molar-refractivity contribution is 14.2. The van der Waals surface area contributed by atoms with Gasteiger partial charge in [-0.3, -0.25) is 9.78 Å². The van der Waals surface area contributed by atoms with Gasteiger partial charge in [-0.05, 0) is 24.3 Å². The standard InChI is InChI=1S/C21H20IN5O3S/c22-31(30)11-10-24-21(29)27-12-16-18(17(28)13-27)20(25-15-4-2-1-3-5-15)19(26-16)14-6-8-23-9-7-14/h1-9,25-26H,10-13H2,(H,24,29). The lowest BCUT2D eigenvalue weighted by molar-refractivity contribution is 0.0919. The third kappa shape index (κ3) is 5.02. The SMILES string of the molecule is O=C1CN(C(=O)NCC[S+]([O-])I)Cc2[nH]c(-c3ccncc3)c(Nc3ccccc3)c21. The summed E-state index contributed by atoms with van der Waals surface area (Å²) in [4.78, 5) is 34.5. The molecule has 0 saturated carbocycles. The predicted octanol–water partition coefficient (Wildman–Crippen LogP) is 3.63. The van der Waals surface area contributed by atoms with Crippen molar-refractivity contribution in [3.63, 3.8) is 0 Å². The number of nitrogens with one attached hydrogen (secondary N) is 3. The van der Waals surface area contributed by atoms with Gasteiger partial charge in [-0.2, -0.15) is 0 Å². The van der Waals surface area contributed by atoms with Crippen molar-refractivity contribution in [2.75, 3.05) is 24.2 Å². The van der Waals surface area contributed by atoms with Crippen molar-refractivity contribution in [2.45, 2.75) is 6.54 Å². The van der Waals surface area contributed by atoms with Gasteiger partial charge in [0.2, 0.25) is 21.2 Å². The maximum Gasteiger partial charge on any atom is 0.318 e. The molecule has 160 valence electrons. The number of hydrogen-bond acceptors (Lipinski definition) is 5. The lowest BCUT2D eigenvalue weighted by Crippen LogP contribution is -2.45. The number of aromatic amines is 1. The van der Waals surface area contributed by atoms with E-state index in [9.17, 15) is 14.1 Å². The number of benzene rings is 1. The number of nitrogens with zero attached hydrogens (tertiary/aromatic N) is 2. The van der Waals surface area contributed by atoms with E-state index in [0.29, 0.717) is 29.2 Å². The summed E-state index contributed by atoms with van der Waals surface area (Å²) in [7, 11) is -1.02. The number of urea groups is 1. The van der Waals surface area contributed by atoms with Crippen LogP contribution in [0.5, 0.6) is 0 Å². The maximum atomic E-state index is 13.1. The van der Waals surface area contributed by atoms with E-state index < -0.39 is 8.35 Å². The molecule has 10 heteroatoms. The number of carbonyl (C=O) groups excluding carboxylic acids is 2. The number of pyridine rings is 1. The van der Waals surface area contributed by atoms with Crippen molar-refractivity contribution in [3.05, 3.63) is 66.1 Å². The van der Waals surface area contributed by atoms with Crippen LogP contribution in [0.15, 0.2) is 54.9 Å². The van der Waals surface area contributed by atoms with Crippen molar-refractivity contribution in [1.82, 2.24) is 20.2 Å². The molecule has 3 N–H and O–H groups in total. The number of H-pyrrole nitrogens is 1. The van der Waals surface area contributed by atoms with Gasteiger partial charge in [0.05, 0.1) is 36.6 Å². The van der Waals surface area contributed by atoms with E-state index >= 15 is 0 Å². The van der Waals surface area contributed by atoms with Crippen LogP contribution in [0.4, 0.5) is 16.2 Å². The van der Waals surface area contributed by atoms with Crippen LogP contribution < -0.4 is 10.6 Å². The van der Waals surface area contributed by atoms with E-state index in [1.807, 2.05) is 42.5 Å². The van der Waals surface area contributed by atoms with E-state index in [1.54, 1.807) is 33.6 Å². The second-order valence-electron chi connectivity index (χ2n) is 6.96. The minimum Gasteiger partial charge on any atom is -0.608 e. The molecule has 1 atom stereocenters. The molecule has 0 saturated heterocycles. The molecule has 1 unspecified atom stereocenters. The van der Waals surface area contributed by atoms with Gasteiger partial charge in [0.25, 0.3) is 0 Å². The zero-order valence-electron chi connectivity index (χ0n) is 16.4. The van der Waals surface area contributed by atoms with E-state index in [0.717, 1.165) is 16.9 Å². The number of ketones is 1. The summed E-state index contributed by atoms with van der Waals surface area (Å²) in [6, 6.07) is 13.0. The topological polar surface area (TPSA) is 113 Å². The van der Waals surface area contributed by atoms with Crippen LogP contribution in [-0.4, -0.2) is 50.1 Å². The first-order chi connectivity index (χ1) is 15.0. The van der Waals surface area contributed by atoms with E-state index in [2.05, 4.69) is 20.6 Å². The molecule has 0 fully saturated rings. The minimum absolute atomic E-state index is 0.0245. The van der Waals surface area contributed by atoms with Gasteiger partial charge in [0, 0.05) is 37.7 Å². The summed E-state index contributed by atoms with van der Waals surface area (Å²) in [5.74, 6) is 0.211. The maximum absolute atomic E-state index is 13.1. The van der Waals surface area contributed by atoms with Gasteiger partial charge in [0.1, 0.15) is 5.75 Å². The molecule has 3 heterocycles. The normalized spacial score (nSPS) is 14.1. The second kappa shape index (κ2) is 9.71. The van der Waals surface area contributed by atoms with Crippen molar-refractivity contribution in [3.8, 4) is 11.3 Å². The minimum atomic E-state index is -1.02. The molecule has 0 spiro atoms. The fourth-order valence-electron chi connectivity index (χ4n) is 3.50. The summed E-state index contributed by atoms with van der Waals surface area (Å²) >= 11 is 1.80. The molecule has 2 amide bonds. The number of amides is 2. The fourth-order valence-corrected chi connectivity index (χ4v) is 4.42. The first-order valence-corrected chi connectivity index (χ1v) is 13.5. The summed E-state index contributed by atoms with van der Waals surface area (Å²) in [5.41, 5.74) is 4.45. The third-order valence-corrected chi connectivity index (χ3v) is 6.72. The van der Waals surface area contributed by atoms with Crippen LogP contribution in [-0.2, 0) is 14.9 Å². The third-order valence-electron chi connectivity index (χ3n) is 4.88. The second-order valence-corrected chi connectivity index (χ2v) is 10.9. The van der Waals surface area contributed by atoms with Gasteiger partial charge in [0.15, 0.2) is 5.78 Å². The number of anilines is 2. The molecule has 1 aromatic carbocycles. The van der Waals surface area contributed by atoms with Gasteiger partial charge in [-0.25, -0.2) is 4.79 Å². The Morgan fingerprint density at radius 1 is 1.19 bits per heavy atom. The molecular weight excluding hydrogens is 529 g/mol. The number of carbonyl (C=O) groups is 2. The van der Waals surface area contributed by atoms with Gasteiger partial charge < -0.3 is 25.1 Å². The molecule has 1 aliphatic rings. The largest absolute Gasteiger partial charge is 0.608 e. The number of halogens is 1. The summed E-state index contributed by atoms with van der Waals surface area (Å²) in [6.07, 6.45) is 3.39. The Balaban J connectivity index is 1.65. The molecule has 4 rings (SSSR count). The van der Waals surface area contributed by atoms with Crippen LogP contribution in [0.3, 0.4) is 0 Å². The number of Topliss-reactive ketones (excluding diaryl/α,β-unsaturated/α-hetero) is 1. The molecule has 3 aromatic rings. The van der Waals surface area contributed by atoms with Crippen LogP contribution >= 0.6 is 21.2 Å². The average Bonchev–Trinajstić information content (AvgIpc) is 3.13. The highest BCUT2D eigenvalue weighted by atomic mass is 127. The highest BCUT2D eigenvalue weighted by Gasteiger charge is 2.32. The molecule has 0 aliphatic carbocycles. The van der Waals surface area contributed by atoms with Gasteiger partial charge in [-0.1, -0.05) is 18.2 Å². The molecule has 0 bridgehead atoms. The first kappa shape index (κ1) is 21.7. The Hall–Kier alpha value is -2.57. The Kier molecular flexibility index (Phi) is 6.78. The monoisotopic (exact) mass is 549 g/mol. The Morgan fingerprint density at radius 3 is 2.65 bits per heavy atom. The first-order valence-electron chi connectivity index (χ1n) is 9.61. The lowest BCUT2D eigenvalue weighted by atomic mass is 10.0. The molecular formula is C21H20IN5O3S. The number of rotatable bonds is 6. The summed E-state index contributed by atoms with van der Waals surface area (Å²) in [5, 5.41) is 6.10. The smallest absolute Gasteiger partial charge is 0.318 e. The molecule has 2 aromatic heterocycles. The molecule has 31 heavy (non-hydrogen) atoms. The fraction of sp³-hybridized carbons (Fsp3) is 0.190. The highest BCUT2D eigenvalue weighted by Crippen LogP contribution is 2.37. The van der Waals surface area contributed by atoms with Crippen LogP contribution in [0.2, 0.25) is 0 Å². The van der Waals surface area contributed by atoms with Gasteiger partial charge in [-0.15, -0.1) is 0 Å². The van der Waals surface area contributed by atoms with E-state index in [-0.39, 0.29) is 24.9 Å². The van der Waals surface area contributed by atoms with Crippen LogP contribution in [0, 0.1) is 0 Å². The number of hydrogen-bond donors (Lipinski definition) is 3. The zero-order chi connectivity index (χ0) is 21.8. The van der Waals surface area contributed by atoms with Crippen LogP contribution in [0.1, 0.15) is 16.1 Å². The van der Waals surface area contributed by atoms with Crippen molar-refractivity contribution < 1.29 is 14.1 Å². The van der Waals surface area contributed by atoms with E-state index in [4.69, 9.17) is 0 Å². The van der Waals surface area contributed by atoms with Crippen molar-refractivity contribution in [1.29, 1.82) is 0 Å². The van der Waals surface area contributed by atoms with Crippen molar-refractivity contribution >= 4 is 52.7 Å². The quantitative estimate of drug-likeness (QED) is 0.321. The van der Waals surface area contributed by atoms with E-state index in [1.165, 1.54) is 4.90 Å². The zero-order valence-corrected chi connectivity index (χ0v) is 19.4. The van der Waals surface area contributed by atoms with Crippen LogP contribution in [0.25, 0.3) is 11.3 Å². The predicted molar refractivity (Wildman–Crippen MR) is 129 cm³/mol. The Bertz CT molecular complexity index is 1080. The summed E-state index contributed by atoms with van der Waals surface area (Å²) in [6.45, 7) is 0.539. The number of para-hydroxylation sites is 1. The molecule has 1 aliphatic heterocycles. The Morgan fingerprint density at radius 2 is 1.94 bits per heavy atom. The average molecular weight is 549 g/mol. The van der Waals surface area contributed by atoms with Gasteiger partial charge >= 0.3 is 6.03 Å². The number of aromatic nitrogens is 2. The number of fused-ring (bicyclic) bond motifs is 1. The van der Waals surface area contributed by atoms with Crippen molar-refractivity contribution in [2.24, 2.45) is 0 Å².